The fourth-order valence-corrected chi connectivity index (χ4v) is 3.64. The molecule has 0 bridgehead atoms. The van der Waals surface area contributed by atoms with Crippen molar-refractivity contribution in [2.45, 2.75) is 19.3 Å². The monoisotopic (exact) mass is 491 g/mol. The Morgan fingerprint density at radius 1 is 0.778 bits per heavy atom. The molecule has 0 unspecified atom stereocenters. The van der Waals surface area contributed by atoms with E-state index in [4.69, 9.17) is 9.47 Å². The van der Waals surface area contributed by atoms with E-state index >= 15 is 0 Å². The zero-order chi connectivity index (χ0) is 25.5. The summed E-state index contributed by atoms with van der Waals surface area (Å²) in [6.07, 6.45) is -4.46. The Labute approximate surface area is 207 Å². The summed E-state index contributed by atoms with van der Waals surface area (Å²) in [5.41, 5.74) is 1.76. The zero-order valence-electron chi connectivity index (χ0n) is 19.5. The van der Waals surface area contributed by atoms with Gasteiger partial charge < -0.3 is 14.4 Å². The molecule has 1 amide bonds. The predicted molar refractivity (Wildman–Crippen MR) is 132 cm³/mol. The number of anilines is 1. The second-order valence-corrected chi connectivity index (χ2v) is 8.09. The molecule has 4 aromatic carbocycles. The highest BCUT2D eigenvalue weighted by Gasteiger charge is 2.30. The molecule has 0 saturated heterocycles. The Morgan fingerprint density at radius 3 is 2.11 bits per heavy atom. The lowest BCUT2D eigenvalue weighted by molar-refractivity contribution is -0.137. The Balaban J connectivity index is 1.57. The van der Waals surface area contributed by atoms with E-state index in [-0.39, 0.29) is 12.5 Å². The first-order chi connectivity index (χ1) is 17.3. The lowest BCUT2D eigenvalue weighted by Crippen LogP contribution is -2.30. The summed E-state index contributed by atoms with van der Waals surface area (Å²) in [5, 5.41) is 0. The van der Waals surface area contributed by atoms with E-state index < -0.39 is 11.7 Å². The van der Waals surface area contributed by atoms with Crippen LogP contribution >= 0.6 is 0 Å². The summed E-state index contributed by atoms with van der Waals surface area (Å²) in [4.78, 5) is 14.9. The number of carbonyl (C=O) groups excluding carboxylic acids is 1. The Kier molecular flexibility index (Phi) is 7.59. The first-order valence-corrected chi connectivity index (χ1v) is 11.2. The zero-order valence-corrected chi connectivity index (χ0v) is 19.5. The molecule has 0 aliphatic carbocycles. The fraction of sp³-hybridized carbons (Fsp3) is 0.138. The Hall–Kier alpha value is -4.26. The summed E-state index contributed by atoms with van der Waals surface area (Å²) >= 11 is 0. The van der Waals surface area contributed by atoms with Crippen molar-refractivity contribution in [3.63, 3.8) is 0 Å². The van der Waals surface area contributed by atoms with Gasteiger partial charge in [0.1, 0.15) is 18.1 Å². The van der Waals surface area contributed by atoms with Crippen LogP contribution in [0.5, 0.6) is 11.5 Å². The van der Waals surface area contributed by atoms with Gasteiger partial charge in [-0.05, 0) is 65.7 Å². The molecule has 0 spiro atoms. The highest BCUT2D eigenvalue weighted by Crippen LogP contribution is 2.31. The van der Waals surface area contributed by atoms with E-state index in [1.165, 1.54) is 24.1 Å². The summed E-state index contributed by atoms with van der Waals surface area (Å²) in [7, 11) is 1.50. The van der Waals surface area contributed by atoms with Gasteiger partial charge in [-0.15, -0.1) is 0 Å². The molecule has 0 N–H and O–H groups in total. The summed E-state index contributed by atoms with van der Waals surface area (Å²) in [6.45, 7) is 0.576. The summed E-state index contributed by atoms with van der Waals surface area (Å²) in [5.74, 6) is 0.814. The second-order valence-electron chi connectivity index (χ2n) is 8.09. The van der Waals surface area contributed by atoms with Crippen molar-refractivity contribution < 1.29 is 27.4 Å². The molecule has 0 saturated carbocycles. The smallest absolute Gasteiger partial charge is 0.416 e. The molecule has 0 radical (unpaired) electrons. The molecule has 0 aliphatic rings. The van der Waals surface area contributed by atoms with E-state index in [1.54, 1.807) is 36.4 Å². The van der Waals surface area contributed by atoms with Crippen LogP contribution < -0.4 is 14.4 Å². The average molecular weight is 492 g/mol. The van der Waals surface area contributed by atoms with Crippen LogP contribution in [0.25, 0.3) is 0 Å². The van der Waals surface area contributed by atoms with Gasteiger partial charge >= 0.3 is 6.18 Å². The molecule has 36 heavy (non-hydrogen) atoms. The minimum absolute atomic E-state index is 0.153. The summed E-state index contributed by atoms with van der Waals surface area (Å²) in [6, 6.07) is 28.2. The van der Waals surface area contributed by atoms with Gasteiger partial charge in [-0.2, -0.15) is 13.2 Å². The SMILES string of the molecule is COc1cccc(C(=O)N(Cc2ccc(OCc3ccccc3)cc2)c2ccc(C(F)(F)F)cc2)c1. The standard InChI is InChI=1S/C29H24F3NO3/c1-35-27-9-5-8-23(18-27)28(34)33(25-14-12-24(13-15-25)29(30,31)32)19-21-10-16-26(17-11-21)36-20-22-6-3-2-4-7-22/h2-18H,19-20H2,1H3. The van der Waals surface area contributed by atoms with Crippen molar-refractivity contribution in [3.8, 4) is 11.5 Å². The van der Waals surface area contributed by atoms with Crippen molar-refractivity contribution in [1.29, 1.82) is 0 Å². The Morgan fingerprint density at radius 2 is 1.47 bits per heavy atom. The molecule has 184 valence electrons. The third-order valence-electron chi connectivity index (χ3n) is 5.58. The van der Waals surface area contributed by atoms with E-state index in [0.717, 1.165) is 23.3 Å². The number of hydrogen-bond acceptors (Lipinski definition) is 3. The number of halogens is 3. The normalized spacial score (nSPS) is 11.1. The maximum absolute atomic E-state index is 13.4. The maximum Gasteiger partial charge on any atom is 0.416 e. The van der Waals surface area contributed by atoms with Crippen molar-refractivity contribution in [3.05, 3.63) is 125 Å². The lowest BCUT2D eigenvalue weighted by atomic mass is 10.1. The minimum atomic E-state index is -4.46. The molecule has 0 fully saturated rings. The van der Waals surface area contributed by atoms with Crippen LogP contribution in [0.3, 0.4) is 0 Å². The van der Waals surface area contributed by atoms with Crippen molar-refractivity contribution in [1.82, 2.24) is 0 Å². The van der Waals surface area contributed by atoms with Crippen LogP contribution in [-0.2, 0) is 19.3 Å². The first kappa shape index (κ1) is 24.9. The van der Waals surface area contributed by atoms with Gasteiger partial charge in [-0.3, -0.25) is 4.79 Å². The quantitative estimate of drug-likeness (QED) is 0.263. The third-order valence-corrected chi connectivity index (χ3v) is 5.58. The minimum Gasteiger partial charge on any atom is -0.497 e. The maximum atomic E-state index is 13.4. The second kappa shape index (κ2) is 11.0. The predicted octanol–water partition coefficient (Wildman–Crippen LogP) is 7.14. The molecular weight excluding hydrogens is 467 g/mol. The fourth-order valence-electron chi connectivity index (χ4n) is 3.64. The van der Waals surface area contributed by atoms with Crippen LogP contribution in [0.2, 0.25) is 0 Å². The number of hydrogen-bond donors (Lipinski definition) is 0. The highest BCUT2D eigenvalue weighted by molar-refractivity contribution is 6.06. The average Bonchev–Trinajstić information content (AvgIpc) is 2.91. The number of methoxy groups -OCH3 is 1. The van der Waals surface area contributed by atoms with E-state index in [1.807, 2.05) is 42.5 Å². The van der Waals surface area contributed by atoms with Gasteiger partial charge in [0.25, 0.3) is 5.91 Å². The Bertz CT molecular complexity index is 1290. The van der Waals surface area contributed by atoms with Gasteiger partial charge in [0.2, 0.25) is 0 Å². The lowest BCUT2D eigenvalue weighted by Gasteiger charge is -2.24. The molecule has 4 nitrogen and oxygen atoms in total. The van der Waals surface area contributed by atoms with E-state index in [0.29, 0.717) is 29.4 Å². The molecule has 4 rings (SSSR count). The number of carbonyl (C=O) groups is 1. The molecule has 0 aromatic heterocycles. The number of amides is 1. The van der Waals surface area contributed by atoms with Crippen LogP contribution in [0.4, 0.5) is 18.9 Å². The van der Waals surface area contributed by atoms with Gasteiger partial charge in [0.05, 0.1) is 19.2 Å². The number of rotatable bonds is 8. The molecule has 4 aromatic rings. The number of alkyl halides is 3. The first-order valence-electron chi connectivity index (χ1n) is 11.2. The van der Waals surface area contributed by atoms with Gasteiger partial charge in [0, 0.05) is 11.3 Å². The number of nitrogens with zero attached hydrogens (tertiary/aromatic N) is 1. The van der Waals surface area contributed by atoms with Crippen molar-refractivity contribution in [2.75, 3.05) is 12.0 Å². The van der Waals surface area contributed by atoms with Gasteiger partial charge in [-0.25, -0.2) is 0 Å². The largest absolute Gasteiger partial charge is 0.497 e. The van der Waals surface area contributed by atoms with Crippen molar-refractivity contribution in [2.24, 2.45) is 0 Å². The highest BCUT2D eigenvalue weighted by atomic mass is 19.4. The van der Waals surface area contributed by atoms with Crippen molar-refractivity contribution >= 4 is 11.6 Å². The molecule has 0 atom stereocenters. The van der Waals surface area contributed by atoms with Crippen LogP contribution in [0, 0.1) is 0 Å². The van der Waals surface area contributed by atoms with Gasteiger partial charge in [0.15, 0.2) is 0 Å². The molecule has 0 heterocycles. The van der Waals surface area contributed by atoms with Gasteiger partial charge in [-0.1, -0.05) is 48.5 Å². The van der Waals surface area contributed by atoms with Crippen LogP contribution in [-0.4, -0.2) is 13.0 Å². The molecule has 0 aliphatic heterocycles. The van der Waals surface area contributed by atoms with E-state index in [9.17, 15) is 18.0 Å². The molecular formula is C29H24F3NO3. The topological polar surface area (TPSA) is 38.8 Å². The number of ether oxygens (including phenoxy) is 2. The third kappa shape index (κ3) is 6.24. The van der Waals surface area contributed by atoms with E-state index in [2.05, 4.69) is 0 Å². The van der Waals surface area contributed by atoms with Crippen LogP contribution in [0.15, 0.2) is 103 Å². The summed E-state index contributed by atoms with van der Waals surface area (Å²) < 4.78 is 50.3. The van der Waals surface area contributed by atoms with Crippen LogP contribution in [0.1, 0.15) is 27.0 Å². The number of benzene rings is 4. The molecule has 7 heteroatoms.